The number of nitrogens with one attached hydrogen (secondary N) is 1. The third kappa shape index (κ3) is 2.76. The van der Waals surface area contributed by atoms with Crippen LogP contribution in [0.4, 0.5) is 0 Å². The number of thiophene rings is 1. The van der Waals surface area contributed by atoms with E-state index in [1.807, 2.05) is 17.5 Å². The summed E-state index contributed by atoms with van der Waals surface area (Å²) in [6.07, 6.45) is 3.70. The molecule has 6 nitrogen and oxygen atoms in total. The van der Waals surface area contributed by atoms with Gasteiger partial charge in [-0.25, -0.2) is 4.98 Å². The van der Waals surface area contributed by atoms with Crippen LogP contribution in [-0.2, 0) is 5.54 Å². The van der Waals surface area contributed by atoms with E-state index in [1.165, 1.54) is 11.3 Å². The SMILES string of the molecule is Cc1nc(C2(NC(=O)c3csc(-c4cccs4)n3)CCCC2)no1. The summed E-state index contributed by atoms with van der Waals surface area (Å²) in [6.45, 7) is 1.76. The van der Waals surface area contributed by atoms with Gasteiger partial charge in [0.15, 0.2) is 5.82 Å². The molecule has 0 spiro atoms. The first-order valence-corrected chi connectivity index (χ1v) is 9.55. The molecule has 0 aliphatic heterocycles. The molecule has 1 saturated carbocycles. The first kappa shape index (κ1) is 15.5. The number of hydrogen-bond acceptors (Lipinski definition) is 7. The van der Waals surface area contributed by atoms with Crippen molar-refractivity contribution in [1.82, 2.24) is 20.4 Å². The van der Waals surface area contributed by atoms with Crippen molar-refractivity contribution in [1.29, 1.82) is 0 Å². The minimum atomic E-state index is -0.540. The minimum absolute atomic E-state index is 0.182. The van der Waals surface area contributed by atoms with E-state index in [2.05, 4.69) is 20.4 Å². The van der Waals surface area contributed by atoms with Crippen LogP contribution in [0.5, 0.6) is 0 Å². The fourth-order valence-corrected chi connectivity index (χ4v) is 4.66. The molecular weight excluding hydrogens is 344 g/mol. The lowest BCUT2D eigenvalue weighted by Gasteiger charge is -2.26. The summed E-state index contributed by atoms with van der Waals surface area (Å²) >= 11 is 3.10. The maximum Gasteiger partial charge on any atom is 0.271 e. The van der Waals surface area contributed by atoms with E-state index in [9.17, 15) is 4.79 Å². The van der Waals surface area contributed by atoms with E-state index in [0.717, 1.165) is 35.6 Å². The number of aromatic nitrogens is 3. The Bertz CT molecular complexity index is 847. The molecule has 0 saturated heterocycles. The van der Waals surface area contributed by atoms with Gasteiger partial charge in [0.1, 0.15) is 16.2 Å². The molecule has 0 bridgehead atoms. The van der Waals surface area contributed by atoms with E-state index < -0.39 is 5.54 Å². The quantitative estimate of drug-likeness (QED) is 0.766. The van der Waals surface area contributed by atoms with Crippen LogP contribution in [-0.4, -0.2) is 21.0 Å². The molecule has 24 heavy (non-hydrogen) atoms. The van der Waals surface area contributed by atoms with Crippen molar-refractivity contribution in [2.45, 2.75) is 38.1 Å². The summed E-state index contributed by atoms with van der Waals surface area (Å²) in [5, 5.41) is 11.8. The Kier molecular flexibility index (Phi) is 3.93. The van der Waals surface area contributed by atoms with Gasteiger partial charge >= 0.3 is 0 Å². The summed E-state index contributed by atoms with van der Waals surface area (Å²) in [4.78, 5) is 22.6. The molecule has 3 aromatic rings. The van der Waals surface area contributed by atoms with Gasteiger partial charge in [0.2, 0.25) is 5.89 Å². The summed E-state index contributed by atoms with van der Waals surface area (Å²) in [5.41, 5.74) is -0.100. The molecule has 8 heteroatoms. The predicted octanol–water partition coefficient (Wildman–Crippen LogP) is 3.76. The average Bonchev–Trinajstić information content (AvgIpc) is 3.34. The lowest BCUT2D eigenvalue weighted by molar-refractivity contribution is 0.0887. The number of rotatable bonds is 4. The van der Waals surface area contributed by atoms with E-state index >= 15 is 0 Å². The molecule has 1 N–H and O–H groups in total. The van der Waals surface area contributed by atoms with Crippen LogP contribution >= 0.6 is 22.7 Å². The highest BCUT2D eigenvalue weighted by Crippen LogP contribution is 2.37. The second kappa shape index (κ2) is 6.10. The molecule has 0 atom stereocenters. The number of hydrogen-bond donors (Lipinski definition) is 1. The van der Waals surface area contributed by atoms with Crippen LogP contribution in [0.15, 0.2) is 27.4 Å². The Morgan fingerprint density at radius 3 is 2.79 bits per heavy atom. The van der Waals surface area contributed by atoms with E-state index in [4.69, 9.17) is 4.52 Å². The van der Waals surface area contributed by atoms with Gasteiger partial charge in [-0.15, -0.1) is 22.7 Å². The Balaban J connectivity index is 1.58. The second-order valence-electron chi connectivity index (χ2n) is 5.90. The first-order chi connectivity index (χ1) is 11.7. The normalized spacial score (nSPS) is 16.4. The van der Waals surface area contributed by atoms with Crippen molar-refractivity contribution in [3.63, 3.8) is 0 Å². The average molecular weight is 360 g/mol. The van der Waals surface area contributed by atoms with Gasteiger partial charge in [0, 0.05) is 12.3 Å². The molecule has 124 valence electrons. The number of thiazole rings is 1. The van der Waals surface area contributed by atoms with Crippen LogP contribution in [0.25, 0.3) is 9.88 Å². The Morgan fingerprint density at radius 2 is 2.12 bits per heavy atom. The Morgan fingerprint density at radius 1 is 1.29 bits per heavy atom. The van der Waals surface area contributed by atoms with Gasteiger partial charge in [-0.3, -0.25) is 4.79 Å². The monoisotopic (exact) mass is 360 g/mol. The highest BCUT2D eigenvalue weighted by atomic mass is 32.1. The molecule has 3 heterocycles. The number of carbonyl (C=O) groups excluding carboxylic acids is 1. The Hall–Kier alpha value is -2.06. The smallest absolute Gasteiger partial charge is 0.271 e. The van der Waals surface area contributed by atoms with Crippen molar-refractivity contribution in [3.8, 4) is 9.88 Å². The van der Waals surface area contributed by atoms with Crippen molar-refractivity contribution >= 4 is 28.6 Å². The van der Waals surface area contributed by atoms with Gasteiger partial charge in [-0.1, -0.05) is 24.1 Å². The highest BCUT2D eigenvalue weighted by Gasteiger charge is 2.41. The largest absolute Gasteiger partial charge is 0.340 e. The van der Waals surface area contributed by atoms with Crippen molar-refractivity contribution < 1.29 is 9.32 Å². The molecular formula is C16H16N4O2S2. The Labute approximate surface area is 146 Å². The molecule has 0 unspecified atom stereocenters. The van der Waals surface area contributed by atoms with E-state index in [-0.39, 0.29) is 5.91 Å². The number of carbonyl (C=O) groups is 1. The van der Waals surface area contributed by atoms with Gasteiger partial charge < -0.3 is 9.84 Å². The molecule has 1 amide bonds. The standard InChI is InChI=1S/C16H16N4O2S2/c1-10-17-15(20-22-10)16(6-2-3-7-16)19-13(21)11-9-24-14(18-11)12-5-4-8-23-12/h4-5,8-9H,2-3,6-7H2,1H3,(H,19,21). The lowest BCUT2D eigenvalue weighted by atomic mass is 9.96. The third-order valence-corrected chi connectivity index (χ3v) is 6.12. The van der Waals surface area contributed by atoms with Gasteiger partial charge in [-0.2, -0.15) is 4.98 Å². The molecule has 1 aliphatic carbocycles. The van der Waals surface area contributed by atoms with Crippen molar-refractivity contribution in [2.75, 3.05) is 0 Å². The number of amides is 1. The summed E-state index contributed by atoms with van der Waals surface area (Å²) in [7, 11) is 0. The topological polar surface area (TPSA) is 80.9 Å². The summed E-state index contributed by atoms with van der Waals surface area (Å²) in [6, 6.07) is 3.99. The van der Waals surface area contributed by atoms with Crippen LogP contribution in [0, 0.1) is 6.92 Å². The maximum absolute atomic E-state index is 12.7. The fourth-order valence-electron chi connectivity index (χ4n) is 3.05. The van der Waals surface area contributed by atoms with Crippen LogP contribution in [0.1, 0.15) is 47.9 Å². The minimum Gasteiger partial charge on any atom is -0.340 e. The van der Waals surface area contributed by atoms with E-state index in [1.54, 1.807) is 23.6 Å². The van der Waals surface area contributed by atoms with Crippen LogP contribution in [0.2, 0.25) is 0 Å². The highest BCUT2D eigenvalue weighted by molar-refractivity contribution is 7.20. The first-order valence-electron chi connectivity index (χ1n) is 7.79. The fraction of sp³-hybridized carbons (Fsp3) is 0.375. The van der Waals surface area contributed by atoms with Gasteiger partial charge in [0.05, 0.1) is 4.88 Å². The number of nitrogens with zero attached hydrogens (tertiary/aromatic N) is 3. The lowest BCUT2D eigenvalue weighted by Crippen LogP contribution is -2.44. The van der Waals surface area contributed by atoms with Gasteiger partial charge in [-0.05, 0) is 24.3 Å². The molecule has 0 aromatic carbocycles. The molecule has 1 aliphatic rings. The molecule has 0 radical (unpaired) electrons. The summed E-state index contributed by atoms with van der Waals surface area (Å²) in [5.74, 6) is 0.900. The molecule has 4 rings (SSSR count). The van der Waals surface area contributed by atoms with Crippen molar-refractivity contribution in [3.05, 3.63) is 40.3 Å². The molecule has 1 fully saturated rings. The number of aryl methyl sites for hydroxylation is 1. The zero-order chi connectivity index (χ0) is 16.6. The van der Waals surface area contributed by atoms with Crippen LogP contribution in [0.3, 0.4) is 0 Å². The van der Waals surface area contributed by atoms with E-state index in [0.29, 0.717) is 17.4 Å². The van der Waals surface area contributed by atoms with Crippen LogP contribution < -0.4 is 5.32 Å². The van der Waals surface area contributed by atoms with Crippen molar-refractivity contribution in [2.24, 2.45) is 0 Å². The molecule has 3 aromatic heterocycles. The predicted molar refractivity (Wildman–Crippen MR) is 92.1 cm³/mol. The third-order valence-electron chi connectivity index (χ3n) is 4.23. The maximum atomic E-state index is 12.7. The van der Waals surface area contributed by atoms with Gasteiger partial charge in [0.25, 0.3) is 5.91 Å². The summed E-state index contributed by atoms with van der Waals surface area (Å²) < 4.78 is 5.12. The zero-order valence-electron chi connectivity index (χ0n) is 13.1. The second-order valence-corrected chi connectivity index (χ2v) is 7.70. The zero-order valence-corrected chi connectivity index (χ0v) is 14.7.